The van der Waals surface area contributed by atoms with Crippen LogP contribution in [0.2, 0.25) is 0 Å². The van der Waals surface area contributed by atoms with Gasteiger partial charge in [-0.2, -0.15) is 0 Å². The molecule has 2 aromatic carbocycles. The van der Waals surface area contributed by atoms with Gasteiger partial charge in [-0.3, -0.25) is 4.79 Å². The molecule has 0 bridgehead atoms. The van der Waals surface area contributed by atoms with Gasteiger partial charge in [0.25, 0.3) is 5.91 Å². The van der Waals surface area contributed by atoms with E-state index in [0.29, 0.717) is 17.7 Å². The van der Waals surface area contributed by atoms with Gasteiger partial charge in [0.1, 0.15) is 5.82 Å². The number of nitrogens with two attached hydrogens (primary N) is 1. The summed E-state index contributed by atoms with van der Waals surface area (Å²) in [4.78, 5) is 12.0. The normalized spacial score (nSPS) is 18.9. The van der Waals surface area contributed by atoms with E-state index in [2.05, 4.69) is 5.32 Å². The van der Waals surface area contributed by atoms with Gasteiger partial charge >= 0.3 is 0 Å². The van der Waals surface area contributed by atoms with Crippen molar-refractivity contribution in [2.24, 2.45) is 5.73 Å². The number of benzene rings is 2. The Kier molecular flexibility index (Phi) is 5.86. The molecular formula is C24H26FN3O2. The molecule has 3 aromatic rings. The van der Waals surface area contributed by atoms with E-state index in [1.54, 1.807) is 12.1 Å². The van der Waals surface area contributed by atoms with Crippen LogP contribution < -0.4 is 11.1 Å². The monoisotopic (exact) mass is 407 g/mol. The summed E-state index contributed by atoms with van der Waals surface area (Å²) in [5, 5.41) is 13.2. The SMILES string of the molecule is NC(=O)c1ccc(-n2cccc2Cc2cccc(F)c2)cc1NC1CCC(O)CC1. The number of aliphatic hydroxyl groups excluding tert-OH is 1. The third-order valence-electron chi connectivity index (χ3n) is 5.71. The van der Waals surface area contributed by atoms with Crippen molar-refractivity contribution < 1.29 is 14.3 Å². The molecule has 30 heavy (non-hydrogen) atoms. The Labute approximate surface area is 175 Å². The molecule has 0 atom stereocenters. The van der Waals surface area contributed by atoms with Gasteiger partial charge < -0.3 is 20.7 Å². The molecule has 1 saturated carbocycles. The zero-order chi connectivity index (χ0) is 21.1. The van der Waals surface area contributed by atoms with E-state index in [1.807, 2.05) is 41.1 Å². The summed E-state index contributed by atoms with van der Waals surface area (Å²) in [6.07, 6.45) is 5.49. The number of aromatic nitrogens is 1. The Bertz CT molecular complexity index is 1040. The zero-order valence-electron chi connectivity index (χ0n) is 16.7. The molecule has 0 unspecified atom stereocenters. The Balaban J connectivity index is 1.62. The van der Waals surface area contributed by atoms with Crippen molar-refractivity contribution in [2.45, 2.75) is 44.2 Å². The lowest BCUT2D eigenvalue weighted by Crippen LogP contribution is -2.29. The Hall–Kier alpha value is -3.12. The molecule has 1 aliphatic rings. The summed E-state index contributed by atoms with van der Waals surface area (Å²) < 4.78 is 15.6. The topological polar surface area (TPSA) is 80.3 Å². The number of hydrogen-bond acceptors (Lipinski definition) is 3. The van der Waals surface area contributed by atoms with Gasteiger partial charge in [0, 0.05) is 35.7 Å². The lowest BCUT2D eigenvalue weighted by atomic mass is 9.92. The van der Waals surface area contributed by atoms with Crippen LogP contribution in [-0.4, -0.2) is 27.7 Å². The average Bonchev–Trinajstić information content (AvgIpc) is 3.17. The van der Waals surface area contributed by atoms with Gasteiger partial charge in [-0.15, -0.1) is 0 Å². The van der Waals surface area contributed by atoms with Gasteiger partial charge in [-0.1, -0.05) is 12.1 Å². The van der Waals surface area contributed by atoms with Crippen molar-refractivity contribution >= 4 is 11.6 Å². The highest BCUT2D eigenvalue weighted by molar-refractivity contribution is 5.99. The maximum atomic E-state index is 13.6. The molecule has 1 aromatic heterocycles. The number of nitrogens with one attached hydrogen (secondary N) is 1. The predicted molar refractivity (Wildman–Crippen MR) is 115 cm³/mol. The lowest BCUT2D eigenvalue weighted by molar-refractivity contribution is 0.100. The summed E-state index contributed by atoms with van der Waals surface area (Å²) in [6, 6.07) is 16.3. The van der Waals surface area contributed by atoms with Crippen molar-refractivity contribution in [3.8, 4) is 5.69 Å². The third kappa shape index (κ3) is 4.54. The van der Waals surface area contributed by atoms with Crippen LogP contribution in [-0.2, 0) is 6.42 Å². The Morgan fingerprint density at radius 2 is 1.90 bits per heavy atom. The van der Waals surface area contributed by atoms with Crippen molar-refractivity contribution in [3.63, 3.8) is 0 Å². The van der Waals surface area contributed by atoms with E-state index in [9.17, 15) is 14.3 Å². The molecule has 0 saturated heterocycles. The molecule has 1 aliphatic carbocycles. The lowest BCUT2D eigenvalue weighted by Gasteiger charge is -2.28. The van der Waals surface area contributed by atoms with Crippen molar-refractivity contribution in [1.82, 2.24) is 4.57 Å². The molecule has 0 radical (unpaired) electrons. The minimum Gasteiger partial charge on any atom is -0.393 e. The van der Waals surface area contributed by atoms with Crippen LogP contribution in [0.25, 0.3) is 5.69 Å². The van der Waals surface area contributed by atoms with Gasteiger partial charge in [0.15, 0.2) is 0 Å². The number of nitrogens with zero attached hydrogens (tertiary/aromatic N) is 1. The number of hydrogen-bond donors (Lipinski definition) is 3. The molecular weight excluding hydrogens is 381 g/mol. The molecule has 5 nitrogen and oxygen atoms in total. The van der Waals surface area contributed by atoms with Gasteiger partial charge in [0.2, 0.25) is 0 Å². The first-order valence-electron chi connectivity index (χ1n) is 10.3. The smallest absolute Gasteiger partial charge is 0.250 e. The highest BCUT2D eigenvalue weighted by Crippen LogP contribution is 2.27. The van der Waals surface area contributed by atoms with Crippen molar-refractivity contribution in [1.29, 1.82) is 0 Å². The van der Waals surface area contributed by atoms with Crippen molar-refractivity contribution in [3.05, 3.63) is 83.4 Å². The van der Waals surface area contributed by atoms with E-state index in [4.69, 9.17) is 5.73 Å². The summed E-state index contributed by atoms with van der Waals surface area (Å²) in [5.41, 5.74) is 9.55. The average molecular weight is 407 g/mol. The predicted octanol–water partition coefficient (Wildman–Crippen LogP) is 4.02. The second-order valence-electron chi connectivity index (χ2n) is 7.92. The molecule has 6 heteroatoms. The van der Waals surface area contributed by atoms with Crippen LogP contribution in [0.3, 0.4) is 0 Å². The van der Waals surface area contributed by atoms with Crippen LogP contribution in [0.4, 0.5) is 10.1 Å². The van der Waals surface area contributed by atoms with Gasteiger partial charge in [0.05, 0.1) is 11.7 Å². The summed E-state index contributed by atoms with van der Waals surface area (Å²) in [5.74, 6) is -0.729. The largest absolute Gasteiger partial charge is 0.393 e. The molecule has 4 rings (SSSR count). The molecule has 0 spiro atoms. The number of anilines is 1. The zero-order valence-corrected chi connectivity index (χ0v) is 16.7. The number of aliphatic hydroxyl groups is 1. The number of carbonyl (C=O) groups is 1. The second-order valence-corrected chi connectivity index (χ2v) is 7.92. The molecule has 1 amide bonds. The second kappa shape index (κ2) is 8.71. The van der Waals surface area contributed by atoms with E-state index < -0.39 is 5.91 Å². The first-order chi connectivity index (χ1) is 14.5. The van der Waals surface area contributed by atoms with E-state index in [-0.39, 0.29) is 18.0 Å². The van der Waals surface area contributed by atoms with Crippen LogP contribution in [0.15, 0.2) is 60.8 Å². The maximum absolute atomic E-state index is 13.6. The van der Waals surface area contributed by atoms with Crippen LogP contribution in [0.5, 0.6) is 0 Å². The molecule has 1 fully saturated rings. The highest BCUT2D eigenvalue weighted by atomic mass is 19.1. The van der Waals surface area contributed by atoms with Crippen molar-refractivity contribution in [2.75, 3.05) is 5.32 Å². The molecule has 156 valence electrons. The minimum atomic E-state index is -0.479. The quantitative estimate of drug-likeness (QED) is 0.577. The summed E-state index contributed by atoms with van der Waals surface area (Å²) >= 11 is 0. The molecule has 4 N–H and O–H groups in total. The molecule has 1 heterocycles. The fourth-order valence-corrected chi connectivity index (χ4v) is 4.12. The standard InChI is InChI=1S/C24H26FN3O2/c25-17-4-1-3-16(13-17)14-19-5-2-12-28(19)20-8-11-22(24(26)30)23(15-20)27-18-6-9-21(29)10-7-18/h1-5,8,11-13,15,18,21,27,29H,6-7,9-10,14H2,(H2,26,30). The number of halogens is 1. The van der Waals surface area contributed by atoms with Crippen LogP contribution in [0, 0.1) is 5.82 Å². The highest BCUT2D eigenvalue weighted by Gasteiger charge is 2.21. The first kappa shape index (κ1) is 20.2. The van der Waals surface area contributed by atoms with Gasteiger partial charge in [-0.25, -0.2) is 4.39 Å². The fourth-order valence-electron chi connectivity index (χ4n) is 4.12. The van der Waals surface area contributed by atoms with E-state index >= 15 is 0 Å². The van der Waals surface area contributed by atoms with E-state index in [1.165, 1.54) is 12.1 Å². The number of primary amides is 1. The number of rotatable bonds is 6. The third-order valence-corrected chi connectivity index (χ3v) is 5.71. The van der Waals surface area contributed by atoms with Gasteiger partial charge in [-0.05, 0) is 73.7 Å². The fraction of sp³-hybridized carbons (Fsp3) is 0.292. The Morgan fingerprint density at radius 3 is 2.63 bits per heavy atom. The van der Waals surface area contributed by atoms with Crippen LogP contribution in [0.1, 0.15) is 47.3 Å². The summed E-state index contributed by atoms with van der Waals surface area (Å²) in [7, 11) is 0. The number of carbonyl (C=O) groups excluding carboxylic acids is 1. The molecule has 0 aliphatic heterocycles. The Morgan fingerprint density at radius 1 is 1.10 bits per heavy atom. The number of amides is 1. The first-order valence-corrected chi connectivity index (χ1v) is 10.3. The minimum absolute atomic E-state index is 0.193. The van der Waals surface area contributed by atoms with E-state index in [0.717, 1.165) is 42.6 Å². The maximum Gasteiger partial charge on any atom is 0.250 e. The van der Waals surface area contributed by atoms with Crippen LogP contribution >= 0.6 is 0 Å². The summed E-state index contributed by atoms with van der Waals surface area (Å²) in [6.45, 7) is 0.